The molecule has 0 unspecified atom stereocenters. The molecule has 0 fully saturated rings. The Labute approximate surface area is 215 Å². The van der Waals surface area contributed by atoms with Gasteiger partial charge in [0.1, 0.15) is 17.1 Å². The Balaban J connectivity index is 1.64. The molecule has 0 amide bonds. The fourth-order valence-electron chi connectivity index (χ4n) is 5.35. The molecule has 0 aliphatic heterocycles. The summed E-state index contributed by atoms with van der Waals surface area (Å²) in [5.41, 5.74) is 14.1. The van der Waals surface area contributed by atoms with Gasteiger partial charge in [0.25, 0.3) is 0 Å². The number of benzene rings is 4. The number of hydrogen-bond donors (Lipinski definition) is 1. The van der Waals surface area contributed by atoms with Crippen LogP contribution in [0.25, 0.3) is 22.3 Å². The number of ether oxygens (including phenoxy) is 1. The Bertz CT molecular complexity index is 1430. The molecule has 2 nitrogen and oxygen atoms in total. The van der Waals surface area contributed by atoms with Gasteiger partial charge < -0.3 is 10.5 Å². The average molecular weight is 502 g/mol. The van der Waals surface area contributed by atoms with Crippen LogP contribution in [-0.4, -0.2) is 0 Å². The fraction of sp³-hybridized carbons (Fsp3) is 0.250. The summed E-state index contributed by atoms with van der Waals surface area (Å²) in [7, 11) is 0. The van der Waals surface area contributed by atoms with Gasteiger partial charge in [-0.05, 0) is 94.1 Å². The first kappa shape index (κ1) is 24.9. The van der Waals surface area contributed by atoms with E-state index < -0.39 is 11.7 Å². The highest BCUT2D eigenvalue weighted by Gasteiger charge is 2.35. The van der Waals surface area contributed by atoms with Gasteiger partial charge in [0.05, 0.1) is 0 Å². The van der Waals surface area contributed by atoms with E-state index in [0.717, 1.165) is 42.0 Å². The van der Waals surface area contributed by atoms with Crippen molar-refractivity contribution in [1.82, 2.24) is 0 Å². The lowest BCUT2D eigenvalue weighted by molar-refractivity contribution is -0.138. The number of halogens is 3. The van der Waals surface area contributed by atoms with Gasteiger partial charge in [-0.25, -0.2) is 0 Å². The number of rotatable bonds is 7. The zero-order chi connectivity index (χ0) is 26.2. The Morgan fingerprint density at radius 2 is 1.43 bits per heavy atom. The molecular formula is C32H30F3NO. The number of aryl methyl sites for hydroxylation is 2. The second-order valence-electron chi connectivity index (χ2n) is 9.64. The molecule has 5 rings (SSSR count). The van der Waals surface area contributed by atoms with Crippen molar-refractivity contribution >= 4 is 5.69 Å². The van der Waals surface area contributed by atoms with E-state index in [1.807, 2.05) is 0 Å². The standard InChI is InChI=1S/C32H30F3NO/c1-3-8-21-16-23(26-12-7-13-27-25-11-6-5-10-20(25)18-28(26)27)17-22(9-4-2)31(21)37-30-15-14-24(36)19-29(30)32(33,34)35/h5-7,10-17,19H,3-4,8-9,18,36H2,1-2H3. The van der Waals surface area contributed by atoms with Crippen molar-refractivity contribution in [3.05, 3.63) is 101 Å². The summed E-state index contributed by atoms with van der Waals surface area (Å²) in [6.07, 6.45) is -0.612. The highest BCUT2D eigenvalue weighted by molar-refractivity contribution is 5.85. The van der Waals surface area contributed by atoms with Crippen LogP contribution in [-0.2, 0) is 25.4 Å². The number of fused-ring (bicyclic) bond motifs is 3. The summed E-state index contributed by atoms with van der Waals surface area (Å²) in [5, 5.41) is 0. The summed E-state index contributed by atoms with van der Waals surface area (Å²) in [4.78, 5) is 0. The number of nitrogen functional groups attached to an aromatic ring is 1. The summed E-state index contributed by atoms with van der Waals surface area (Å²) in [6, 6.07) is 22.8. The van der Waals surface area contributed by atoms with Crippen LogP contribution >= 0.6 is 0 Å². The first-order chi connectivity index (χ1) is 17.8. The van der Waals surface area contributed by atoms with Gasteiger partial charge in [0, 0.05) is 5.69 Å². The number of anilines is 1. The Morgan fingerprint density at radius 1 is 0.784 bits per heavy atom. The molecule has 37 heavy (non-hydrogen) atoms. The van der Waals surface area contributed by atoms with Crippen molar-refractivity contribution in [2.24, 2.45) is 0 Å². The monoisotopic (exact) mass is 501 g/mol. The van der Waals surface area contributed by atoms with Crippen LogP contribution in [0.2, 0.25) is 0 Å². The maximum atomic E-state index is 13.8. The molecule has 5 heteroatoms. The minimum atomic E-state index is -4.57. The second-order valence-corrected chi connectivity index (χ2v) is 9.64. The maximum absolute atomic E-state index is 13.8. The van der Waals surface area contributed by atoms with Crippen LogP contribution in [0.3, 0.4) is 0 Å². The molecule has 0 saturated heterocycles. The van der Waals surface area contributed by atoms with Crippen molar-refractivity contribution in [3.63, 3.8) is 0 Å². The van der Waals surface area contributed by atoms with E-state index in [1.165, 1.54) is 39.9 Å². The molecule has 1 aliphatic rings. The highest BCUT2D eigenvalue weighted by atomic mass is 19.4. The van der Waals surface area contributed by atoms with Gasteiger partial charge >= 0.3 is 6.18 Å². The lowest BCUT2D eigenvalue weighted by Gasteiger charge is -2.21. The SMILES string of the molecule is CCCc1cc(-c2cccc3c2Cc2ccccc2-3)cc(CCC)c1Oc1ccc(N)cc1C(F)(F)F. The van der Waals surface area contributed by atoms with Crippen LogP contribution in [0.4, 0.5) is 18.9 Å². The van der Waals surface area contributed by atoms with E-state index >= 15 is 0 Å². The molecule has 4 aromatic rings. The maximum Gasteiger partial charge on any atom is 0.420 e. The predicted octanol–water partition coefficient (Wildman–Crippen LogP) is 9.22. The largest absolute Gasteiger partial charge is 0.456 e. The van der Waals surface area contributed by atoms with Crippen LogP contribution in [0.5, 0.6) is 11.5 Å². The first-order valence-corrected chi connectivity index (χ1v) is 12.8. The van der Waals surface area contributed by atoms with Gasteiger partial charge in [-0.15, -0.1) is 0 Å². The van der Waals surface area contributed by atoms with Gasteiger partial charge in [0.15, 0.2) is 0 Å². The van der Waals surface area contributed by atoms with Crippen molar-refractivity contribution in [2.45, 2.75) is 52.1 Å². The van der Waals surface area contributed by atoms with E-state index in [-0.39, 0.29) is 11.4 Å². The number of nitrogens with two attached hydrogens (primary N) is 1. The fourth-order valence-corrected chi connectivity index (χ4v) is 5.35. The molecule has 0 saturated carbocycles. The Kier molecular flexibility index (Phi) is 6.72. The molecule has 0 aromatic heterocycles. The van der Waals surface area contributed by atoms with Crippen molar-refractivity contribution in [2.75, 3.05) is 5.73 Å². The zero-order valence-electron chi connectivity index (χ0n) is 21.1. The minimum absolute atomic E-state index is 0.0523. The van der Waals surface area contributed by atoms with E-state index in [9.17, 15) is 13.2 Å². The third kappa shape index (κ3) is 4.83. The van der Waals surface area contributed by atoms with Crippen LogP contribution < -0.4 is 10.5 Å². The van der Waals surface area contributed by atoms with Gasteiger partial charge in [-0.2, -0.15) is 13.2 Å². The van der Waals surface area contributed by atoms with Gasteiger partial charge in [-0.1, -0.05) is 69.2 Å². The topological polar surface area (TPSA) is 35.2 Å². The third-order valence-electron chi connectivity index (χ3n) is 6.96. The second kappa shape index (κ2) is 9.97. The number of hydrogen-bond acceptors (Lipinski definition) is 2. The normalized spacial score (nSPS) is 12.4. The van der Waals surface area contributed by atoms with E-state index in [2.05, 4.69) is 68.4 Å². The van der Waals surface area contributed by atoms with Gasteiger partial charge in [-0.3, -0.25) is 0 Å². The average Bonchev–Trinajstić information content (AvgIpc) is 3.25. The number of alkyl halides is 3. The molecule has 0 heterocycles. The summed E-state index contributed by atoms with van der Waals surface area (Å²) >= 11 is 0. The molecule has 1 aliphatic carbocycles. The summed E-state index contributed by atoms with van der Waals surface area (Å²) in [6.45, 7) is 4.13. The molecular weight excluding hydrogens is 471 g/mol. The Hall–Kier alpha value is -3.73. The minimum Gasteiger partial charge on any atom is -0.456 e. The molecule has 4 aromatic carbocycles. The lowest BCUT2D eigenvalue weighted by atomic mass is 9.91. The molecule has 0 radical (unpaired) electrons. The summed E-state index contributed by atoms with van der Waals surface area (Å²) < 4.78 is 47.6. The first-order valence-electron chi connectivity index (χ1n) is 12.8. The highest BCUT2D eigenvalue weighted by Crippen LogP contribution is 2.45. The molecule has 190 valence electrons. The quantitative estimate of drug-likeness (QED) is 0.226. The third-order valence-corrected chi connectivity index (χ3v) is 6.96. The van der Waals surface area contributed by atoms with Gasteiger partial charge in [0.2, 0.25) is 0 Å². The Morgan fingerprint density at radius 3 is 2.11 bits per heavy atom. The van der Waals surface area contributed by atoms with Crippen molar-refractivity contribution in [1.29, 1.82) is 0 Å². The molecule has 0 atom stereocenters. The molecule has 0 spiro atoms. The summed E-state index contributed by atoms with van der Waals surface area (Å²) in [5.74, 6) is 0.304. The van der Waals surface area contributed by atoms with Crippen LogP contribution in [0.1, 0.15) is 54.5 Å². The van der Waals surface area contributed by atoms with Crippen LogP contribution in [0.15, 0.2) is 72.8 Å². The molecule has 0 bridgehead atoms. The molecule has 2 N–H and O–H groups in total. The van der Waals surface area contributed by atoms with Crippen molar-refractivity contribution < 1.29 is 17.9 Å². The predicted molar refractivity (Wildman–Crippen MR) is 144 cm³/mol. The van der Waals surface area contributed by atoms with E-state index in [0.29, 0.717) is 18.6 Å². The van der Waals surface area contributed by atoms with E-state index in [1.54, 1.807) is 0 Å². The van der Waals surface area contributed by atoms with E-state index in [4.69, 9.17) is 10.5 Å². The van der Waals surface area contributed by atoms with Crippen LogP contribution in [0, 0.1) is 0 Å². The zero-order valence-corrected chi connectivity index (χ0v) is 21.1. The smallest absolute Gasteiger partial charge is 0.420 e. The lowest BCUT2D eigenvalue weighted by Crippen LogP contribution is -2.09. The van der Waals surface area contributed by atoms with Crippen molar-refractivity contribution in [3.8, 4) is 33.8 Å².